The molecule has 2 fully saturated rings. The van der Waals surface area contributed by atoms with E-state index in [1.807, 2.05) is 18.5 Å². The second-order valence-electron chi connectivity index (χ2n) is 8.45. The van der Waals surface area contributed by atoms with E-state index in [9.17, 15) is 4.39 Å². The molecule has 0 bridgehead atoms. The van der Waals surface area contributed by atoms with Crippen LogP contribution in [-0.4, -0.2) is 62.7 Å². The van der Waals surface area contributed by atoms with Gasteiger partial charge in [-0.1, -0.05) is 30.5 Å². The monoisotopic (exact) mass is 447 g/mol. The van der Waals surface area contributed by atoms with Crippen molar-refractivity contribution in [3.8, 4) is 0 Å². The molecule has 1 N–H and O–H groups in total. The van der Waals surface area contributed by atoms with Gasteiger partial charge in [-0.25, -0.2) is 9.38 Å². The minimum absolute atomic E-state index is 0.237. The first-order chi connectivity index (χ1) is 15.0. The van der Waals surface area contributed by atoms with E-state index < -0.39 is 0 Å². The maximum absolute atomic E-state index is 14.2. The first kappa shape index (κ1) is 22.0. The lowest BCUT2D eigenvalue weighted by Gasteiger charge is -2.37. The van der Waals surface area contributed by atoms with Crippen LogP contribution in [0, 0.1) is 12.7 Å². The Kier molecular flexibility index (Phi) is 7.07. The van der Waals surface area contributed by atoms with Crippen LogP contribution in [0.4, 0.5) is 4.39 Å². The highest BCUT2D eigenvalue weighted by atomic mass is 35.5. The molecular formula is C22H31ClFN7. The van der Waals surface area contributed by atoms with Crippen LogP contribution in [0.2, 0.25) is 5.02 Å². The molecule has 2 aliphatic rings. The van der Waals surface area contributed by atoms with Crippen LogP contribution in [-0.2, 0) is 20.1 Å². The standard InChI is InChI=1S/C22H31ClFN7/c1-16-27-28-21(29(16)2)14-25-22(26-17-6-3-4-7-17)31-12-10-30(11-13-31)15-18-19(23)8-5-9-20(18)24/h5,8-9,17H,3-4,6-7,10-15H2,1-2H3,(H,25,26). The third-order valence-corrected chi connectivity index (χ3v) is 6.71. The topological polar surface area (TPSA) is 61.6 Å². The number of aliphatic imine (C=N–C) groups is 1. The van der Waals surface area contributed by atoms with Crippen molar-refractivity contribution in [2.24, 2.45) is 12.0 Å². The normalized spacial score (nSPS) is 18.7. The van der Waals surface area contributed by atoms with Gasteiger partial charge in [-0.3, -0.25) is 4.90 Å². The maximum atomic E-state index is 14.2. The summed E-state index contributed by atoms with van der Waals surface area (Å²) in [6.45, 7) is 6.31. The number of benzene rings is 1. The smallest absolute Gasteiger partial charge is 0.194 e. The van der Waals surface area contributed by atoms with E-state index in [-0.39, 0.29) is 5.82 Å². The summed E-state index contributed by atoms with van der Waals surface area (Å²) in [5.74, 6) is 2.45. The van der Waals surface area contributed by atoms with Gasteiger partial charge in [-0.2, -0.15) is 0 Å². The van der Waals surface area contributed by atoms with E-state index in [0.717, 1.165) is 43.8 Å². The fourth-order valence-corrected chi connectivity index (χ4v) is 4.47. The van der Waals surface area contributed by atoms with Crippen molar-refractivity contribution in [1.82, 2.24) is 29.9 Å². The molecule has 1 aliphatic heterocycles. The molecule has 1 aliphatic carbocycles. The zero-order chi connectivity index (χ0) is 21.8. The van der Waals surface area contributed by atoms with Gasteiger partial charge >= 0.3 is 0 Å². The van der Waals surface area contributed by atoms with Gasteiger partial charge in [0.05, 0.1) is 0 Å². The first-order valence-electron chi connectivity index (χ1n) is 11.1. The Hall–Kier alpha value is -2.19. The highest BCUT2D eigenvalue weighted by Gasteiger charge is 2.24. The quantitative estimate of drug-likeness (QED) is 0.563. The fraction of sp³-hybridized carbons (Fsp3) is 0.591. The summed E-state index contributed by atoms with van der Waals surface area (Å²) in [6, 6.07) is 5.35. The number of nitrogens with zero attached hydrogens (tertiary/aromatic N) is 6. The Balaban J connectivity index is 1.41. The molecule has 7 nitrogen and oxygen atoms in total. The summed E-state index contributed by atoms with van der Waals surface area (Å²) in [7, 11) is 1.97. The average Bonchev–Trinajstić information content (AvgIpc) is 3.39. The Morgan fingerprint density at radius 2 is 1.94 bits per heavy atom. The van der Waals surface area contributed by atoms with E-state index in [2.05, 4.69) is 25.3 Å². The molecule has 0 unspecified atom stereocenters. The van der Waals surface area contributed by atoms with Gasteiger partial charge in [0.25, 0.3) is 0 Å². The fourth-order valence-electron chi connectivity index (χ4n) is 4.25. The van der Waals surface area contributed by atoms with E-state index in [0.29, 0.717) is 29.7 Å². The number of piperazine rings is 1. The highest BCUT2D eigenvalue weighted by Crippen LogP contribution is 2.22. The molecule has 0 spiro atoms. The van der Waals surface area contributed by atoms with Crippen LogP contribution in [0.15, 0.2) is 23.2 Å². The average molecular weight is 448 g/mol. The van der Waals surface area contributed by atoms with Gasteiger partial charge in [0.15, 0.2) is 11.8 Å². The minimum atomic E-state index is -0.237. The predicted molar refractivity (Wildman–Crippen MR) is 121 cm³/mol. The highest BCUT2D eigenvalue weighted by molar-refractivity contribution is 6.31. The lowest BCUT2D eigenvalue weighted by Crippen LogP contribution is -2.53. The SMILES string of the molecule is Cc1nnc(CN=C(NC2CCCC2)N2CCN(Cc3c(F)cccc3Cl)CC2)n1C. The Labute approximate surface area is 188 Å². The Morgan fingerprint density at radius 1 is 1.19 bits per heavy atom. The number of rotatable bonds is 5. The van der Waals surface area contributed by atoms with Gasteiger partial charge in [0.2, 0.25) is 0 Å². The van der Waals surface area contributed by atoms with Crippen molar-refractivity contribution in [3.05, 3.63) is 46.3 Å². The molecule has 9 heteroatoms. The molecule has 1 aromatic carbocycles. The lowest BCUT2D eigenvalue weighted by molar-refractivity contribution is 0.170. The van der Waals surface area contributed by atoms with E-state index in [1.165, 1.54) is 31.7 Å². The lowest BCUT2D eigenvalue weighted by atomic mass is 10.2. The molecule has 31 heavy (non-hydrogen) atoms. The Bertz CT molecular complexity index is 894. The van der Waals surface area contributed by atoms with Crippen LogP contribution in [0.5, 0.6) is 0 Å². The minimum Gasteiger partial charge on any atom is -0.353 e. The van der Waals surface area contributed by atoms with Crippen LogP contribution < -0.4 is 5.32 Å². The predicted octanol–water partition coefficient (Wildman–Crippen LogP) is 3.12. The molecule has 4 rings (SSSR count). The summed E-state index contributed by atoms with van der Waals surface area (Å²) < 4.78 is 16.1. The summed E-state index contributed by atoms with van der Waals surface area (Å²) in [6.07, 6.45) is 4.91. The van der Waals surface area contributed by atoms with Gasteiger partial charge in [0, 0.05) is 56.4 Å². The van der Waals surface area contributed by atoms with E-state index in [4.69, 9.17) is 16.6 Å². The van der Waals surface area contributed by atoms with Crippen molar-refractivity contribution >= 4 is 17.6 Å². The third kappa shape index (κ3) is 5.36. The second-order valence-corrected chi connectivity index (χ2v) is 8.86. The van der Waals surface area contributed by atoms with Crippen LogP contribution in [0.1, 0.15) is 42.9 Å². The molecule has 1 aromatic heterocycles. The second kappa shape index (κ2) is 9.96. The van der Waals surface area contributed by atoms with Crippen LogP contribution in [0.25, 0.3) is 0 Å². The van der Waals surface area contributed by atoms with E-state index >= 15 is 0 Å². The molecule has 168 valence electrons. The molecular weight excluding hydrogens is 417 g/mol. The maximum Gasteiger partial charge on any atom is 0.194 e. The van der Waals surface area contributed by atoms with Crippen LogP contribution >= 0.6 is 11.6 Å². The summed E-state index contributed by atoms with van der Waals surface area (Å²) in [4.78, 5) is 9.46. The molecule has 1 saturated carbocycles. The summed E-state index contributed by atoms with van der Waals surface area (Å²) >= 11 is 6.22. The van der Waals surface area contributed by atoms with Gasteiger partial charge in [-0.05, 0) is 31.9 Å². The van der Waals surface area contributed by atoms with Crippen molar-refractivity contribution in [3.63, 3.8) is 0 Å². The van der Waals surface area contributed by atoms with Crippen molar-refractivity contribution < 1.29 is 4.39 Å². The Morgan fingerprint density at radius 3 is 2.58 bits per heavy atom. The van der Waals surface area contributed by atoms with Crippen molar-refractivity contribution in [2.45, 2.75) is 51.7 Å². The summed E-state index contributed by atoms with van der Waals surface area (Å²) in [5.41, 5.74) is 0.577. The number of nitrogens with one attached hydrogen (secondary N) is 1. The molecule has 0 radical (unpaired) electrons. The van der Waals surface area contributed by atoms with Crippen LogP contribution in [0.3, 0.4) is 0 Å². The zero-order valence-corrected chi connectivity index (χ0v) is 19.1. The number of hydrogen-bond donors (Lipinski definition) is 1. The number of aromatic nitrogens is 3. The summed E-state index contributed by atoms with van der Waals surface area (Å²) in [5, 5.41) is 12.6. The number of aryl methyl sites for hydroxylation is 1. The first-order valence-corrected chi connectivity index (χ1v) is 11.4. The molecule has 0 amide bonds. The van der Waals surface area contributed by atoms with Gasteiger partial charge < -0.3 is 14.8 Å². The molecule has 2 aromatic rings. The third-order valence-electron chi connectivity index (χ3n) is 6.36. The van der Waals surface area contributed by atoms with Crippen molar-refractivity contribution in [1.29, 1.82) is 0 Å². The number of halogens is 2. The van der Waals surface area contributed by atoms with Gasteiger partial charge in [0.1, 0.15) is 18.2 Å². The zero-order valence-electron chi connectivity index (χ0n) is 18.3. The molecule has 1 saturated heterocycles. The van der Waals surface area contributed by atoms with Gasteiger partial charge in [-0.15, -0.1) is 10.2 Å². The molecule has 2 heterocycles. The van der Waals surface area contributed by atoms with E-state index in [1.54, 1.807) is 12.1 Å². The largest absolute Gasteiger partial charge is 0.353 e. The van der Waals surface area contributed by atoms with Crippen molar-refractivity contribution in [2.75, 3.05) is 26.2 Å². The number of guanidine groups is 1. The number of hydrogen-bond acceptors (Lipinski definition) is 4. The molecule has 0 atom stereocenters.